The maximum absolute atomic E-state index is 5.96. The Balaban J connectivity index is 2.20. The molecule has 2 rings (SSSR count). The summed E-state index contributed by atoms with van der Waals surface area (Å²) in [7, 11) is 1.95. The number of hydrogen-bond acceptors (Lipinski definition) is 4. The average Bonchev–Trinajstić information content (AvgIpc) is 2.68. The van der Waals surface area contributed by atoms with Crippen LogP contribution in [0, 0.1) is 13.8 Å². The van der Waals surface area contributed by atoms with Gasteiger partial charge in [-0.2, -0.15) is 0 Å². The van der Waals surface area contributed by atoms with Crippen molar-refractivity contribution in [3.05, 3.63) is 40.7 Å². The largest absolute Gasteiger partial charge is 0.464 e. The van der Waals surface area contributed by atoms with Gasteiger partial charge in [0.2, 0.25) is 0 Å². The van der Waals surface area contributed by atoms with Crippen molar-refractivity contribution in [2.45, 2.75) is 20.4 Å². The molecule has 0 fully saturated rings. The third kappa shape index (κ3) is 2.58. The SMILES string of the molecule is Cc1ccc(CN(C)c2ncnc(Cl)c2C)o1. The molecule has 0 amide bonds. The van der Waals surface area contributed by atoms with E-state index in [1.807, 2.05) is 37.9 Å². The van der Waals surface area contributed by atoms with Crippen LogP contribution < -0.4 is 4.90 Å². The average molecular weight is 252 g/mol. The summed E-state index contributed by atoms with van der Waals surface area (Å²) in [6.07, 6.45) is 1.47. The molecule has 0 unspecified atom stereocenters. The normalized spacial score (nSPS) is 10.6. The lowest BCUT2D eigenvalue weighted by Gasteiger charge is -2.18. The summed E-state index contributed by atoms with van der Waals surface area (Å²) in [6, 6.07) is 3.91. The third-order valence-electron chi connectivity index (χ3n) is 2.55. The number of nitrogens with zero attached hydrogens (tertiary/aromatic N) is 3. The standard InChI is InChI=1S/C12H14ClN3O/c1-8-4-5-10(17-8)6-16(3)12-9(2)11(13)14-7-15-12/h4-5,7H,6H2,1-3H3. The van der Waals surface area contributed by atoms with E-state index in [9.17, 15) is 0 Å². The van der Waals surface area contributed by atoms with E-state index in [4.69, 9.17) is 16.0 Å². The molecule has 0 aliphatic rings. The third-order valence-corrected chi connectivity index (χ3v) is 2.93. The Morgan fingerprint density at radius 3 is 2.71 bits per heavy atom. The van der Waals surface area contributed by atoms with Gasteiger partial charge in [-0.25, -0.2) is 9.97 Å². The number of aryl methyl sites for hydroxylation is 1. The lowest BCUT2D eigenvalue weighted by atomic mass is 10.3. The Labute approximate surface area is 105 Å². The van der Waals surface area contributed by atoms with Crippen molar-refractivity contribution in [2.75, 3.05) is 11.9 Å². The van der Waals surface area contributed by atoms with Crippen LogP contribution in [0.4, 0.5) is 5.82 Å². The van der Waals surface area contributed by atoms with Crippen LogP contribution in [0.1, 0.15) is 17.1 Å². The maximum atomic E-state index is 5.96. The predicted octanol–water partition coefficient (Wildman–Crippen LogP) is 2.98. The van der Waals surface area contributed by atoms with Crippen molar-refractivity contribution in [3.8, 4) is 0 Å². The van der Waals surface area contributed by atoms with Crippen LogP contribution in [-0.4, -0.2) is 17.0 Å². The second-order valence-electron chi connectivity index (χ2n) is 3.98. The first-order valence-corrected chi connectivity index (χ1v) is 5.69. The molecule has 0 N–H and O–H groups in total. The molecule has 4 nitrogen and oxygen atoms in total. The Bertz CT molecular complexity index is 524. The van der Waals surface area contributed by atoms with E-state index in [0.717, 1.165) is 22.9 Å². The molecule has 0 bridgehead atoms. The van der Waals surface area contributed by atoms with Crippen LogP contribution in [0.2, 0.25) is 5.15 Å². The molecular weight excluding hydrogens is 238 g/mol. The second-order valence-corrected chi connectivity index (χ2v) is 4.34. The van der Waals surface area contributed by atoms with Gasteiger partial charge in [-0.1, -0.05) is 11.6 Å². The second kappa shape index (κ2) is 4.75. The summed E-state index contributed by atoms with van der Waals surface area (Å²) in [6.45, 7) is 4.49. The molecule has 0 spiro atoms. The number of furan rings is 1. The van der Waals surface area contributed by atoms with Crippen molar-refractivity contribution >= 4 is 17.4 Å². The first-order valence-electron chi connectivity index (χ1n) is 5.31. The van der Waals surface area contributed by atoms with Crippen LogP contribution >= 0.6 is 11.6 Å². The lowest BCUT2D eigenvalue weighted by molar-refractivity contribution is 0.481. The van der Waals surface area contributed by atoms with Gasteiger partial charge in [-0.15, -0.1) is 0 Å². The summed E-state index contributed by atoms with van der Waals surface area (Å²) in [5, 5.41) is 0.484. The van der Waals surface area contributed by atoms with Gasteiger partial charge in [0, 0.05) is 12.6 Å². The van der Waals surface area contributed by atoms with E-state index in [-0.39, 0.29) is 0 Å². The van der Waals surface area contributed by atoms with E-state index in [1.165, 1.54) is 6.33 Å². The smallest absolute Gasteiger partial charge is 0.137 e. The molecule has 0 radical (unpaired) electrons. The highest BCUT2D eigenvalue weighted by atomic mass is 35.5. The summed E-state index contributed by atoms with van der Waals surface area (Å²) >= 11 is 5.96. The van der Waals surface area contributed by atoms with Crippen molar-refractivity contribution in [1.82, 2.24) is 9.97 Å². The molecule has 2 aromatic rings. The van der Waals surface area contributed by atoms with Gasteiger partial charge in [0.15, 0.2) is 0 Å². The number of hydrogen-bond donors (Lipinski definition) is 0. The summed E-state index contributed by atoms with van der Waals surface area (Å²) in [5.74, 6) is 2.63. The topological polar surface area (TPSA) is 42.2 Å². The van der Waals surface area contributed by atoms with Crippen LogP contribution in [0.3, 0.4) is 0 Å². The summed E-state index contributed by atoms with van der Waals surface area (Å²) in [4.78, 5) is 10.2. The highest BCUT2D eigenvalue weighted by molar-refractivity contribution is 6.30. The minimum atomic E-state index is 0.484. The number of aromatic nitrogens is 2. The fourth-order valence-corrected chi connectivity index (χ4v) is 1.81. The van der Waals surface area contributed by atoms with Gasteiger partial charge < -0.3 is 9.32 Å². The summed E-state index contributed by atoms with van der Waals surface area (Å²) in [5.41, 5.74) is 0.875. The number of halogens is 1. The Morgan fingerprint density at radius 1 is 1.29 bits per heavy atom. The number of rotatable bonds is 3. The molecular formula is C12H14ClN3O. The zero-order chi connectivity index (χ0) is 12.4. The van der Waals surface area contributed by atoms with Crippen molar-refractivity contribution < 1.29 is 4.42 Å². The molecule has 2 heterocycles. The van der Waals surface area contributed by atoms with Crippen molar-refractivity contribution in [3.63, 3.8) is 0 Å². The molecule has 0 aromatic carbocycles. The minimum absolute atomic E-state index is 0.484. The highest BCUT2D eigenvalue weighted by Crippen LogP contribution is 2.22. The van der Waals surface area contributed by atoms with Crippen LogP contribution in [0.25, 0.3) is 0 Å². The molecule has 17 heavy (non-hydrogen) atoms. The highest BCUT2D eigenvalue weighted by Gasteiger charge is 2.11. The maximum Gasteiger partial charge on any atom is 0.137 e. The van der Waals surface area contributed by atoms with Gasteiger partial charge in [0.1, 0.15) is 28.8 Å². The van der Waals surface area contributed by atoms with Gasteiger partial charge in [-0.05, 0) is 26.0 Å². The molecule has 90 valence electrons. The Hall–Kier alpha value is -1.55. The fourth-order valence-electron chi connectivity index (χ4n) is 1.68. The summed E-state index contributed by atoms with van der Waals surface area (Å²) < 4.78 is 5.53. The fraction of sp³-hybridized carbons (Fsp3) is 0.333. The lowest BCUT2D eigenvalue weighted by Crippen LogP contribution is -2.18. The van der Waals surface area contributed by atoms with Crippen LogP contribution in [0.15, 0.2) is 22.9 Å². The Morgan fingerprint density at radius 2 is 2.06 bits per heavy atom. The minimum Gasteiger partial charge on any atom is -0.464 e. The van der Waals surface area contributed by atoms with E-state index >= 15 is 0 Å². The van der Waals surface area contributed by atoms with Gasteiger partial charge in [-0.3, -0.25) is 0 Å². The van der Waals surface area contributed by atoms with E-state index in [0.29, 0.717) is 11.7 Å². The molecule has 0 atom stereocenters. The zero-order valence-electron chi connectivity index (χ0n) is 10.1. The number of anilines is 1. The van der Waals surface area contributed by atoms with Crippen molar-refractivity contribution in [1.29, 1.82) is 0 Å². The Kier molecular flexibility index (Phi) is 3.33. The van der Waals surface area contributed by atoms with Crippen LogP contribution in [-0.2, 0) is 6.54 Å². The zero-order valence-corrected chi connectivity index (χ0v) is 10.8. The first kappa shape index (κ1) is 11.9. The van der Waals surface area contributed by atoms with E-state index in [2.05, 4.69) is 9.97 Å². The quantitative estimate of drug-likeness (QED) is 0.787. The molecule has 0 aliphatic heterocycles. The van der Waals surface area contributed by atoms with Crippen LogP contribution in [0.5, 0.6) is 0 Å². The van der Waals surface area contributed by atoms with E-state index in [1.54, 1.807) is 0 Å². The predicted molar refractivity (Wildman–Crippen MR) is 67.3 cm³/mol. The van der Waals surface area contributed by atoms with E-state index < -0.39 is 0 Å². The van der Waals surface area contributed by atoms with Crippen molar-refractivity contribution in [2.24, 2.45) is 0 Å². The first-order chi connectivity index (χ1) is 8.08. The van der Waals surface area contributed by atoms with Gasteiger partial charge in [0.05, 0.1) is 6.54 Å². The molecule has 2 aromatic heterocycles. The molecule has 0 saturated heterocycles. The molecule has 0 aliphatic carbocycles. The molecule has 5 heteroatoms. The monoisotopic (exact) mass is 251 g/mol. The van der Waals surface area contributed by atoms with Gasteiger partial charge >= 0.3 is 0 Å². The van der Waals surface area contributed by atoms with Gasteiger partial charge in [0.25, 0.3) is 0 Å². The molecule has 0 saturated carbocycles.